The molecule has 0 radical (unpaired) electrons. The molecule has 2 aliphatic rings. The zero-order chi connectivity index (χ0) is 17.6. The average Bonchev–Trinajstić information content (AvgIpc) is 2.91. The number of nitrogens with zero attached hydrogens (tertiary/aromatic N) is 1. The number of carbonyl (C=O) groups is 1. The summed E-state index contributed by atoms with van der Waals surface area (Å²) in [6, 6.07) is 6.34. The van der Waals surface area contributed by atoms with Crippen molar-refractivity contribution in [3.8, 4) is 0 Å². The van der Waals surface area contributed by atoms with Gasteiger partial charge in [-0.2, -0.15) is 0 Å². The van der Waals surface area contributed by atoms with Crippen LogP contribution in [0.25, 0.3) is 10.9 Å². The van der Waals surface area contributed by atoms with Gasteiger partial charge in [0.15, 0.2) is 6.54 Å². The summed E-state index contributed by atoms with van der Waals surface area (Å²) in [5.41, 5.74) is 4.13. The first kappa shape index (κ1) is 17.1. The van der Waals surface area contributed by atoms with Gasteiger partial charge in [0.05, 0.1) is 13.1 Å². The minimum Gasteiger partial charge on any atom is -0.358 e. The van der Waals surface area contributed by atoms with Gasteiger partial charge in [-0.25, -0.2) is 0 Å². The number of quaternary nitrogens is 1. The molecule has 1 amide bonds. The van der Waals surface area contributed by atoms with Gasteiger partial charge in [-0.05, 0) is 31.0 Å². The molecule has 0 saturated carbocycles. The van der Waals surface area contributed by atoms with Gasteiger partial charge in [0.25, 0.3) is 5.91 Å². The molecule has 1 atom stereocenters. The Hall–Kier alpha value is -1.33. The second-order valence-corrected chi connectivity index (χ2v) is 9.37. The Bertz CT molecular complexity index is 811. The molecule has 1 aromatic heterocycles. The molecule has 4 nitrogen and oxygen atoms in total. The Morgan fingerprint density at radius 1 is 1.40 bits per heavy atom. The van der Waals surface area contributed by atoms with E-state index in [4.69, 9.17) is 0 Å². The smallest absolute Gasteiger partial charge is 0.278 e. The molecule has 0 spiro atoms. The Labute approximate surface area is 157 Å². The van der Waals surface area contributed by atoms with Crippen LogP contribution in [-0.2, 0) is 17.8 Å². The lowest BCUT2D eigenvalue weighted by molar-refractivity contribution is -0.904. The summed E-state index contributed by atoms with van der Waals surface area (Å²) in [4.78, 5) is 19.9. The molecule has 0 aliphatic carbocycles. The molecule has 134 valence electrons. The largest absolute Gasteiger partial charge is 0.358 e. The number of H-pyrrole nitrogens is 1. The van der Waals surface area contributed by atoms with E-state index in [1.807, 2.05) is 0 Å². The van der Waals surface area contributed by atoms with Crippen LogP contribution in [0.5, 0.6) is 0 Å². The first-order chi connectivity index (χ1) is 11.9. The number of carbonyl (C=O) groups excluding carboxylic acids is 1. The molecular formula is C20H27BrN3O+. The minimum atomic E-state index is 0.308. The zero-order valence-electron chi connectivity index (χ0n) is 15.1. The number of likely N-dealkylation sites (tertiary alicyclic amines) is 1. The summed E-state index contributed by atoms with van der Waals surface area (Å²) < 4.78 is 1.09. The summed E-state index contributed by atoms with van der Waals surface area (Å²) in [5.74, 6) is 0.308. The highest BCUT2D eigenvalue weighted by Crippen LogP contribution is 2.30. The number of piperidine rings is 1. The van der Waals surface area contributed by atoms with E-state index in [9.17, 15) is 4.79 Å². The van der Waals surface area contributed by atoms with Crippen LogP contribution < -0.4 is 4.90 Å². The summed E-state index contributed by atoms with van der Waals surface area (Å²) in [6.07, 6.45) is 3.44. The SMILES string of the molecule is CC1(C)CCC[NH+](CC(=O)N2CCc3[nH]c4ccc(Br)cc4c3C2)C1. The van der Waals surface area contributed by atoms with Gasteiger partial charge in [0.2, 0.25) is 0 Å². The zero-order valence-corrected chi connectivity index (χ0v) is 16.7. The summed E-state index contributed by atoms with van der Waals surface area (Å²) in [7, 11) is 0. The van der Waals surface area contributed by atoms with Gasteiger partial charge in [-0.15, -0.1) is 0 Å². The second kappa shape index (κ2) is 6.44. The Morgan fingerprint density at radius 3 is 3.04 bits per heavy atom. The number of hydrogen-bond acceptors (Lipinski definition) is 1. The fourth-order valence-electron chi connectivity index (χ4n) is 4.55. The summed E-state index contributed by atoms with van der Waals surface area (Å²) >= 11 is 3.57. The van der Waals surface area contributed by atoms with Crippen LogP contribution in [0.3, 0.4) is 0 Å². The maximum absolute atomic E-state index is 12.9. The Morgan fingerprint density at radius 2 is 2.24 bits per heavy atom. The van der Waals surface area contributed by atoms with Crippen LogP contribution in [0.15, 0.2) is 22.7 Å². The Balaban J connectivity index is 1.49. The topological polar surface area (TPSA) is 40.5 Å². The lowest BCUT2D eigenvalue weighted by Crippen LogP contribution is -3.15. The van der Waals surface area contributed by atoms with Crippen LogP contribution in [0.2, 0.25) is 0 Å². The maximum atomic E-state index is 12.9. The van der Waals surface area contributed by atoms with E-state index in [0.717, 1.165) is 37.1 Å². The van der Waals surface area contributed by atoms with Crippen LogP contribution in [-0.4, -0.2) is 42.0 Å². The van der Waals surface area contributed by atoms with Gasteiger partial charge >= 0.3 is 0 Å². The van der Waals surface area contributed by atoms with E-state index in [1.165, 1.54) is 39.9 Å². The molecule has 25 heavy (non-hydrogen) atoms. The number of fused-ring (bicyclic) bond motifs is 3. The molecule has 1 saturated heterocycles. The van der Waals surface area contributed by atoms with Crippen molar-refractivity contribution in [1.82, 2.24) is 9.88 Å². The average molecular weight is 405 g/mol. The van der Waals surface area contributed by atoms with E-state index >= 15 is 0 Å². The molecule has 4 rings (SSSR count). The van der Waals surface area contributed by atoms with Crippen molar-refractivity contribution in [3.05, 3.63) is 33.9 Å². The molecule has 2 N–H and O–H groups in total. The molecule has 2 aliphatic heterocycles. The third kappa shape index (κ3) is 3.49. The molecule has 0 bridgehead atoms. The molecule has 2 aromatic rings. The van der Waals surface area contributed by atoms with Crippen LogP contribution in [0, 0.1) is 5.41 Å². The normalized spacial score (nSPS) is 22.8. The monoisotopic (exact) mass is 404 g/mol. The van der Waals surface area contributed by atoms with Gasteiger partial charge in [0, 0.05) is 51.6 Å². The molecule has 1 aromatic carbocycles. The summed E-state index contributed by atoms with van der Waals surface area (Å²) in [6.45, 7) is 9.11. The quantitative estimate of drug-likeness (QED) is 0.792. The molecule has 5 heteroatoms. The molecule has 1 fully saturated rings. The highest BCUT2D eigenvalue weighted by Gasteiger charge is 2.32. The number of aromatic nitrogens is 1. The van der Waals surface area contributed by atoms with E-state index in [0.29, 0.717) is 17.9 Å². The van der Waals surface area contributed by atoms with Crippen LogP contribution in [0.4, 0.5) is 0 Å². The fourth-order valence-corrected chi connectivity index (χ4v) is 4.91. The predicted octanol–water partition coefficient (Wildman–Crippen LogP) is 2.52. The minimum absolute atomic E-state index is 0.308. The predicted molar refractivity (Wildman–Crippen MR) is 104 cm³/mol. The Kier molecular flexibility index (Phi) is 4.40. The third-order valence-electron chi connectivity index (χ3n) is 5.80. The van der Waals surface area contributed by atoms with Gasteiger partial charge in [-0.3, -0.25) is 4.79 Å². The third-order valence-corrected chi connectivity index (χ3v) is 6.30. The fraction of sp³-hybridized carbons (Fsp3) is 0.550. The van der Waals surface area contributed by atoms with Crippen molar-refractivity contribution < 1.29 is 9.69 Å². The van der Waals surface area contributed by atoms with Gasteiger partial charge in [-0.1, -0.05) is 29.8 Å². The standard InChI is InChI=1S/C20H26BrN3O/c1-20(2)7-3-8-23(13-20)12-19(25)24-9-6-18-16(11-24)15-10-14(21)4-5-17(15)22-18/h4-5,10,22H,3,6-9,11-13H2,1-2H3/p+1. The van der Waals surface area contributed by atoms with E-state index in [1.54, 1.807) is 0 Å². The number of benzene rings is 1. The van der Waals surface area contributed by atoms with Crippen molar-refractivity contribution in [2.45, 2.75) is 39.7 Å². The highest BCUT2D eigenvalue weighted by atomic mass is 79.9. The lowest BCUT2D eigenvalue weighted by Gasteiger charge is -2.36. The van der Waals surface area contributed by atoms with Crippen molar-refractivity contribution in [2.24, 2.45) is 5.41 Å². The molecule has 1 unspecified atom stereocenters. The first-order valence-corrected chi connectivity index (χ1v) is 10.1. The van der Waals surface area contributed by atoms with Crippen LogP contribution in [0.1, 0.15) is 37.9 Å². The molecule has 3 heterocycles. The lowest BCUT2D eigenvalue weighted by atomic mass is 9.84. The van der Waals surface area contributed by atoms with Gasteiger partial charge < -0.3 is 14.8 Å². The van der Waals surface area contributed by atoms with Crippen molar-refractivity contribution in [1.29, 1.82) is 0 Å². The number of halogens is 1. The molecular weight excluding hydrogens is 378 g/mol. The van der Waals surface area contributed by atoms with Crippen molar-refractivity contribution in [2.75, 3.05) is 26.2 Å². The first-order valence-electron chi connectivity index (χ1n) is 9.32. The number of aromatic amines is 1. The number of hydrogen-bond donors (Lipinski definition) is 2. The van der Waals surface area contributed by atoms with E-state index in [2.05, 4.69) is 57.9 Å². The highest BCUT2D eigenvalue weighted by molar-refractivity contribution is 9.10. The van der Waals surface area contributed by atoms with E-state index < -0.39 is 0 Å². The maximum Gasteiger partial charge on any atom is 0.278 e. The second-order valence-electron chi connectivity index (χ2n) is 8.46. The van der Waals surface area contributed by atoms with Crippen molar-refractivity contribution >= 4 is 32.7 Å². The van der Waals surface area contributed by atoms with Crippen molar-refractivity contribution in [3.63, 3.8) is 0 Å². The van der Waals surface area contributed by atoms with E-state index in [-0.39, 0.29) is 0 Å². The van der Waals surface area contributed by atoms with Crippen LogP contribution >= 0.6 is 15.9 Å². The summed E-state index contributed by atoms with van der Waals surface area (Å²) in [5, 5.41) is 1.24. The number of amides is 1. The number of rotatable bonds is 2. The number of nitrogens with one attached hydrogen (secondary N) is 2. The van der Waals surface area contributed by atoms with Gasteiger partial charge in [0.1, 0.15) is 0 Å².